The summed E-state index contributed by atoms with van der Waals surface area (Å²) >= 11 is 25.0. The van der Waals surface area contributed by atoms with E-state index in [9.17, 15) is 23.2 Å². The van der Waals surface area contributed by atoms with Crippen LogP contribution in [0, 0.1) is 0 Å². The molecule has 3 N–H and O–H groups in total. The Morgan fingerprint density at radius 1 is 0.759 bits per heavy atom. The van der Waals surface area contributed by atoms with Gasteiger partial charge in [0.1, 0.15) is 11.5 Å². The molecule has 0 saturated heterocycles. The van der Waals surface area contributed by atoms with Crippen molar-refractivity contribution in [2.75, 3.05) is 0 Å². The highest BCUT2D eigenvalue weighted by molar-refractivity contribution is 7.87. The molecule has 29 heavy (non-hydrogen) atoms. The molecule has 0 aliphatic rings. The van der Waals surface area contributed by atoms with Crippen molar-refractivity contribution in [2.24, 2.45) is 0 Å². The van der Waals surface area contributed by atoms with E-state index < -0.39 is 14.9 Å². The Kier molecular flexibility index (Phi) is 5.98. The van der Waals surface area contributed by atoms with E-state index in [-0.39, 0.29) is 48.3 Å². The maximum Gasteiger partial charge on any atom is 0.283 e. The van der Waals surface area contributed by atoms with E-state index in [0.717, 1.165) is 18.2 Å². The Hall–Kier alpha value is -1.67. The highest BCUT2D eigenvalue weighted by Gasteiger charge is 2.52. The van der Waals surface area contributed by atoms with E-state index in [1.165, 1.54) is 36.4 Å². The van der Waals surface area contributed by atoms with Crippen molar-refractivity contribution < 1.29 is 23.2 Å². The van der Waals surface area contributed by atoms with Crippen LogP contribution in [0.15, 0.2) is 54.6 Å². The van der Waals surface area contributed by atoms with Crippen LogP contribution in [0.25, 0.3) is 0 Å². The van der Waals surface area contributed by atoms with Crippen LogP contribution in [-0.2, 0) is 14.9 Å². The molecule has 3 rings (SSSR count). The minimum Gasteiger partial charge on any atom is -0.508 e. The average Bonchev–Trinajstić information content (AvgIpc) is 2.57. The van der Waals surface area contributed by atoms with Crippen LogP contribution >= 0.6 is 46.4 Å². The summed E-state index contributed by atoms with van der Waals surface area (Å²) in [5.74, 6) is -0.534. The third-order valence-electron chi connectivity index (χ3n) is 4.33. The van der Waals surface area contributed by atoms with Crippen LogP contribution in [0.4, 0.5) is 0 Å². The fourth-order valence-corrected chi connectivity index (χ4v) is 6.04. The van der Waals surface area contributed by atoms with Crippen LogP contribution in [0.5, 0.6) is 11.5 Å². The average molecular weight is 494 g/mol. The van der Waals surface area contributed by atoms with E-state index in [1.807, 2.05) is 0 Å². The summed E-state index contributed by atoms with van der Waals surface area (Å²) in [5, 5.41) is 19.1. The molecule has 0 aromatic heterocycles. The maximum absolute atomic E-state index is 13.0. The molecular formula is C19H12Cl4O5S. The van der Waals surface area contributed by atoms with Gasteiger partial charge in [0, 0.05) is 21.2 Å². The van der Waals surface area contributed by atoms with E-state index >= 15 is 0 Å². The van der Waals surface area contributed by atoms with Crippen molar-refractivity contribution in [1.29, 1.82) is 0 Å². The van der Waals surface area contributed by atoms with Gasteiger partial charge in [0.25, 0.3) is 10.1 Å². The zero-order valence-corrected chi connectivity index (χ0v) is 18.1. The molecule has 0 bridgehead atoms. The first kappa shape index (κ1) is 22.0. The van der Waals surface area contributed by atoms with Crippen molar-refractivity contribution in [1.82, 2.24) is 0 Å². The minimum absolute atomic E-state index is 0.00502. The molecule has 5 nitrogen and oxygen atoms in total. The summed E-state index contributed by atoms with van der Waals surface area (Å²) in [7, 11) is -5.07. The molecule has 0 aliphatic heterocycles. The van der Waals surface area contributed by atoms with Gasteiger partial charge in [-0.05, 0) is 42.0 Å². The van der Waals surface area contributed by atoms with Gasteiger partial charge in [-0.15, -0.1) is 0 Å². The number of aromatic hydroxyl groups is 2. The molecule has 0 saturated carbocycles. The fourth-order valence-electron chi connectivity index (χ4n) is 3.24. The maximum atomic E-state index is 13.0. The van der Waals surface area contributed by atoms with Crippen molar-refractivity contribution in [3.63, 3.8) is 0 Å². The fraction of sp³-hybridized carbons (Fsp3) is 0.0526. The summed E-state index contributed by atoms with van der Waals surface area (Å²) in [6.45, 7) is 0. The number of rotatable bonds is 4. The predicted octanol–water partition coefficient (Wildman–Crippen LogP) is 5.89. The van der Waals surface area contributed by atoms with Gasteiger partial charge in [-0.25, -0.2) is 0 Å². The Bertz CT molecular complexity index is 1190. The molecule has 0 amide bonds. The Morgan fingerprint density at radius 2 is 1.34 bits per heavy atom. The van der Waals surface area contributed by atoms with Crippen LogP contribution in [0.2, 0.25) is 20.1 Å². The first-order valence-electron chi connectivity index (χ1n) is 7.89. The summed E-state index contributed by atoms with van der Waals surface area (Å²) in [6, 6.07) is 11.4. The first-order chi connectivity index (χ1) is 13.5. The number of phenols is 2. The number of benzene rings is 3. The van der Waals surface area contributed by atoms with Crippen LogP contribution in [0.3, 0.4) is 0 Å². The number of hydrogen-bond donors (Lipinski definition) is 3. The van der Waals surface area contributed by atoms with Gasteiger partial charge in [-0.3, -0.25) is 4.55 Å². The van der Waals surface area contributed by atoms with E-state index in [0.29, 0.717) is 0 Å². The number of hydrogen-bond acceptors (Lipinski definition) is 4. The monoisotopic (exact) mass is 492 g/mol. The van der Waals surface area contributed by atoms with E-state index in [1.54, 1.807) is 0 Å². The number of halogens is 4. The quantitative estimate of drug-likeness (QED) is 0.311. The molecule has 152 valence electrons. The van der Waals surface area contributed by atoms with Gasteiger partial charge in [0.05, 0.1) is 10.0 Å². The lowest BCUT2D eigenvalue weighted by Gasteiger charge is -2.34. The molecule has 1 atom stereocenters. The van der Waals surface area contributed by atoms with Crippen LogP contribution < -0.4 is 0 Å². The zero-order valence-electron chi connectivity index (χ0n) is 14.3. The molecule has 0 spiro atoms. The standard InChI is InChI=1S/C19H12Cl4O5S/c20-11-3-1-2-10(6-11)19(29(26,27)28,14-5-4-12(24)7-15(14)21)18-16(22)8-13(25)9-17(18)23/h1-9,24-25H,(H,26,27,28). The molecule has 1 unspecified atom stereocenters. The molecule has 0 fully saturated rings. The second-order valence-corrected chi connectivity index (χ2v) is 9.34. The van der Waals surface area contributed by atoms with E-state index in [4.69, 9.17) is 46.4 Å². The van der Waals surface area contributed by atoms with Crippen LogP contribution in [-0.4, -0.2) is 23.2 Å². The topological polar surface area (TPSA) is 94.8 Å². The van der Waals surface area contributed by atoms with Crippen molar-refractivity contribution in [2.45, 2.75) is 4.75 Å². The summed E-state index contributed by atoms with van der Waals surface area (Å²) < 4.78 is 34.1. The predicted molar refractivity (Wildman–Crippen MR) is 114 cm³/mol. The largest absolute Gasteiger partial charge is 0.508 e. The van der Waals surface area contributed by atoms with Crippen molar-refractivity contribution in [3.8, 4) is 11.5 Å². The van der Waals surface area contributed by atoms with Gasteiger partial charge in [0.2, 0.25) is 0 Å². The van der Waals surface area contributed by atoms with Crippen molar-refractivity contribution >= 4 is 56.5 Å². The summed E-state index contributed by atoms with van der Waals surface area (Å²) in [6.07, 6.45) is 0. The minimum atomic E-state index is -5.07. The highest BCUT2D eigenvalue weighted by Crippen LogP contribution is 2.52. The SMILES string of the molecule is O=S(=O)(O)C(c1cccc(Cl)c1)(c1ccc(O)cc1Cl)c1c(Cl)cc(O)cc1Cl. The van der Waals surface area contributed by atoms with E-state index in [2.05, 4.69) is 0 Å². The molecule has 0 aliphatic carbocycles. The number of phenolic OH excluding ortho intramolecular Hbond substituents is 2. The lowest BCUT2D eigenvalue weighted by molar-refractivity contribution is 0.456. The molecule has 0 heterocycles. The summed E-state index contributed by atoms with van der Waals surface area (Å²) in [5.41, 5.74) is -0.373. The zero-order chi connectivity index (χ0) is 21.6. The second kappa shape index (κ2) is 7.87. The van der Waals surface area contributed by atoms with Gasteiger partial charge in [-0.1, -0.05) is 64.6 Å². The Morgan fingerprint density at radius 3 is 1.86 bits per heavy atom. The molecular weight excluding hydrogens is 482 g/mol. The second-order valence-electron chi connectivity index (χ2n) is 6.12. The van der Waals surface area contributed by atoms with Gasteiger partial charge in [0.15, 0.2) is 4.75 Å². The van der Waals surface area contributed by atoms with Crippen LogP contribution in [0.1, 0.15) is 16.7 Å². The van der Waals surface area contributed by atoms with Crippen molar-refractivity contribution in [3.05, 3.63) is 91.4 Å². The smallest absolute Gasteiger partial charge is 0.283 e. The van der Waals surface area contributed by atoms with Gasteiger partial charge in [-0.2, -0.15) is 8.42 Å². The Balaban J connectivity index is 2.63. The molecule has 10 heteroatoms. The third-order valence-corrected chi connectivity index (χ3v) is 6.91. The lowest BCUT2D eigenvalue weighted by atomic mass is 9.83. The molecule has 3 aromatic carbocycles. The van der Waals surface area contributed by atoms with Gasteiger partial charge < -0.3 is 10.2 Å². The highest BCUT2D eigenvalue weighted by atomic mass is 35.5. The summed E-state index contributed by atoms with van der Waals surface area (Å²) in [4.78, 5) is 0. The van der Waals surface area contributed by atoms with Gasteiger partial charge >= 0.3 is 0 Å². The first-order valence-corrected chi connectivity index (χ1v) is 10.8. The molecule has 3 aromatic rings. The lowest BCUT2D eigenvalue weighted by Crippen LogP contribution is -2.39. The third kappa shape index (κ3) is 3.77. The molecule has 0 radical (unpaired) electrons. The Labute approximate surface area is 186 Å². The normalized spacial score (nSPS) is 13.8.